The maximum absolute atomic E-state index is 13.2. The van der Waals surface area contributed by atoms with E-state index in [1.165, 1.54) is 5.39 Å². The fourth-order valence-electron chi connectivity index (χ4n) is 4.59. The van der Waals surface area contributed by atoms with Gasteiger partial charge < -0.3 is 19.3 Å². The van der Waals surface area contributed by atoms with Crippen LogP contribution in [0.4, 0.5) is 5.82 Å². The molecule has 4 aromatic rings. The Kier molecular flexibility index (Phi) is 6.98. The molecule has 3 aromatic carbocycles. The highest BCUT2D eigenvalue weighted by molar-refractivity contribution is 5.96. The van der Waals surface area contributed by atoms with Crippen molar-refractivity contribution in [2.24, 2.45) is 0 Å². The molecule has 0 N–H and O–H groups in total. The molecule has 1 fully saturated rings. The fraction of sp³-hybridized carbons (Fsp3) is 0.276. The first kappa shape index (κ1) is 23.6. The average molecular weight is 483 g/mol. The maximum atomic E-state index is 13.2. The molecular formula is C29H30N4O3. The highest BCUT2D eigenvalue weighted by Gasteiger charge is 2.24. The monoisotopic (exact) mass is 482 g/mol. The molecule has 0 saturated carbocycles. The second kappa shape index (κ2) is 10.6. The second-order valence-electron chi connectivity index (χ2n) is 8.61. The Morgan fingerprint density at radius 1 is 0.806 bits per heavy atom. The predicted molar refractivity (Wildman–Crippen MR) is 142 cm³/mol. The molecular weight excluding hydrogens is 452 g/mol. The normalized spacial score (nSPS) is 13.6. The van der Waals surface area contributed by atoms with Crippen LogP contribution in [0.1, 0.15) is 24.2 Å². The molecule has 1 saturated heterocycles. The number of carbonyl (C=O) groups excluding carboxylic acids is 1. The summed E-state index contributed by atoms with van der Waals surface area (Å²) in [6.45, 7) is 7.52. The van der Waals surface area contributed by atoms with Crippen LogP contribution in [0, 0.1) is 0 Å². The first-order valence-electron chi connectivity index (χ1n) is 12.4. The number of nitrogens with zero attached hydrogens (tertiary/aromatic N) is 4. The maximum Gasteiger partial charge on any atom is 0.254 e. The first-order chi connectivity index (χ1) is 17.7. The molecule has 5 rings (SSSR count). The number of hydrogen-bond donors (Lipinski definition) is 0. The van der Waals surface area contributed by atoms with Gasteiger partial charge in [-0.15, -0.1) is 10.2 Å². The molecule has 2 heterocycles. The molecule has 0 bridgehead atoms. The molecule has 1 amide bonds. The number of anilines is 1. The van der Waals surface area contributed by atoms with Crippen molar-refractivity contribution in [3.05, 3.63) is 78.4 Å². The van der Waals surface area contributed by atoms with Crippen LogP contribution in [0.2, 0.25) is 0 Å². The Labute approximate surface area is 211 Å². The summed E-state index contributed by atoms with van der Waals surface area (Å²) in [6.07, 6.45) is 0. The zero-order valence-corrected chi connectivity index (χ0v) is 20.7. The molecule has 7 nitrogen and oxygen atoms in total. The van der Waals surface area contributed by atoms with E-state index < -0.39 is 0 Å². The van der Waals surface area contributed by atoms with Crippen LogP contribution in [0.3, 0.4) is 0 Å². The SMILES string of the molecule is CCOc1ccc(C(=O)N2CCN(c3ccc(-c4cccc5ccccc45)nn3)CC2)cc1OCC. The van der Waals surface area contributed by atoms with E-state index in [-0.39, 0.29) is 5.91 Å². The largest absolute Gasteiger partial charge is 0.490 e. The number of amides is 1. The van der Waals surface area contributed by atoms with Crippen LogP contribution in [-0.2, 0) is 0 Å². The first-order valence-corrected chi connectivity index (χ1v) is 12.4. The van der Waals surface area contributed by atoms with E-state index in [9.17, 15) is 4.79 Å². The van der Waals surface area contributed by atoms with Gasteiger partial charge in [0.1, 0.15) is 0 Å². The van der Waals surface area contributed by atoms with Gasteiger partial charge in [0.25, 0.3) is 5.91 Å². The summed E-state index contributed by atoms with van der Waals surface area (Å²) >= 11 is 0. The summed E-state index contributed by atoms with van der Waals surface area (Å²) in [6, 6.07) is 24.0. The van der Waals surface area contributed by atoms with Gasteiger partial charge in [-0.1, -0.05) is 42.5 Å². The van der Waals surface area contributed by atoms with Gasteiger partial charge in [0.2, 0.25) is 0 Å². The Morgan fingerprint density at radius 3 is 2.31 bits per heavy atom. The van der Waals surface area contributed by atoms with Crippen molar-refractivity contribution < 1.29 is 14.3 Å². The number of rotatable bonds is 7. The predicted octanol–water partition coefficient (Wildman–Crippen LogP) is 5.06. The summed E-state index contributed by atoms with van der Waals surface area (Å²) in [7, 11) is 0. The third-order valence-corrected chi connectivity index (χ3v) is 6.40. The molecule has 0 radical (unpaired) electrons. The number of piperazine rings is 1. The molecule has 0 unspecified atom stereocenters. The van der Waals surface area contributed by atoms with Crippen LogP contribution >= 0.6 is 0 Å². The summed E-state index contributed by atoms with van der Waals surface area (Å²) in [4.78, 5) is 17.2. The quantitative estimate of drug-likeness (QED) is 0.367. The third kappa shape index (κ3) is 4.82. The highest BCUT2D eigenvalue weighted by atomic mass is 16.5. The van der Waals surface area contributed by atoms with Gasteiger partial charge >= 0.3 is 0 Å². The Morgan fingerprint density at radius 2 is 1.56 bits per heavy atom. The summed E-state index contributed by atoms with van der Waals surface area (Å²) in [5, 5.41) is 11.4. The lowest BCUT2D eigenvalue weighted by atomic mass is 10.0. The molecule has 1 aromatic heterocycles. The minimum atomic E-state index is -0.00367. The molecule has 0 spiro atoms. The van der Waals surface area contributed by atoms with Gasteiger partial charge in [-0.05, 0) is 55.0 Å². The molecule has 184 valence electrons. The van der Waals surface area contributed by atoms with Crippen molar-refractivity contribution in [2.45, 2.75) is 13.8 Å². The molecule has 7 heteroatoms. The standard InChI is InChI=1S/C29H30N4O3/c1-3-35-26-14-12-22(20-27(26)36-4-2)29(34)33-18-16-32(17-19-33)28-15-13-25(30-31-28)24-11-7-9-21-8-5-6-10-23(21)24/h5-15,20H,3-4,16-19H2,1-2H3. The lowest BCUT2D eigenvalue weighted by Crippen LogP contribution is -2.49. The van der Waals surface area contributed by atoms with E-state index in [0.717, 1.165) is 22.5 Å². The van der Waals surface area contributed by atoms with E-state index in [0.29, 0.717) is 56.5 Å². The molecule has 1 aliphatic heterocycles. The van der Waals surface area contributed by atoms with Crippen molar-refractivity contribution in [3.63, 3.8) is 0 Å². The van der Waals surface area contributed by atoms with Crippen LogP contribution in [0.15, 0.2) is 72.8 Å². The Hall–Kier alpha value is -4.13. The minimum absolute atomic E-state index is 0.00367. The Bertz CT molecular complexity index is 1340. The van der Waals surface area contributed by atoms with Crippen molar-refractivity contribution >= 4 is 22.5 Å². The van der Waals surface area contributed by atoms with Gasteiger partial charge in [0.05, 0.1) is 18.9 Å². The molecule has 1 aliphatic rings. The zero-order chi connectivity index (χ0) is 24.9. The summed E-state index contributed by atoms with van der Waals surface area (Å²) in [5.74, 6) is 2.08. The van der Waals surface area contributed by atoms with E-state index in [4.69, 9.17) is 9.47 Å². The lowest BCUT2D eigenvalue weighted by Gasteiger charge is -2.35. The molecule has 0 aliphatic carbocycles. The van der Waals surface area contributed by atoms with E-state index >= 15 is 0 Å². The zero-order valence-electron chi connectivity index (χ0n) is 20.7. The van der Waals surface area contributed by atoms with Crippen molar-refractivity contribution in [3.8, 4) is 22.8 Å². The highest BCUT2D eigenvalue weighted by Crippen LogP contribution is 2.30. The van der Waals surface area contributed by atoms with Crippen LogP contribution in [0.5, 0.6) is 11.5 Å². The lowest BCUT2D eigenvalue weighted by molar-refractivity contribution is 0.0746. The second-order valence-corrected chi connectivity index (χ2v) is 8.61. The van der Waals surface area contributed by atoms with Gasteiger partial charge in [0.15, 0.2) is 17.3 Å². The van der Waals surface area contributed by atoms with Crippen LogP contribution in [-0.4, -0.2) is 60.4 Å². The summed E-state index contributed by atoms with van der Waals surface area (Å²) < 4.78 is 11.3. The van der Waals surface area contributed by atoms with E-state index in [1.807, 2.05) is 55.1 Å². The Balaban J connectivity index is 1.25. The van der Waals surface area contributed by atoms with Crippen LogP contribution in [0.25, 0.3) is 22.0 Å². The van der Waals surface area contributed by atoms with E-state index in [1.54, 1.807) is 12.1 Å². The van der Waals surface area contributed by atoms with Crippen molar-refractivity contribution in [2.75, 3.05) is 44.3 Å². The number of ether oxygens (including phenoxy) is 2. The number of fused-ring (bicyclic) bond motifs is 1. The van der Waals surface area contributed by atoms with Crippen LogP contribution < -0.4 is 14.4 Å². The van der Waals surface area contributed by atoms with Crippen molar-refractivity contribution in [1.29, 1.82) is 0 Å². The minimum Gasteiger partial charge on any atom is -0.490 e. The number of aromatic nitrogens is 2. The van der Waals surface area contributed by atoms with Gasteiger partial charge in [-0.2, -0.15) is 0 Å². The molecule has 36 heavy (non-hydrogen) atoms. The van der Waals surface area contributed by atoms with Gasteiger partial charge in [-0.25, -0.2) is 0 Å². The van der Waals surface area contributed by atoms with Gasteiger partial charge in [-0.3, -0.25) is 4.79 Å². The topological polar surface area (TPSA) is 67.8 Å². The number of hydrogen-bond acceptors (Lipinski definition) is 6. The third-order valence-electron chi connectivity index (χ3n) is 6.40. The summed E-state index contributed by atoms with van der Waals surface area (Å²) in [5.41, 5.74) is 2.53. The number of benzene rings is 3. The van der Waals surface area contributed by atoms with Gasteiger partial charge in [0, 0.05) is 37.3 Å². The fourth-order valence-corrected chi connectivity index (χ4v) is 4.59. The average Bonchev–Trinajstić information content (AvgIpc) is 2.94. The van der Waals surface area contributed by atoms with E-state index in [2.05, 4.69) is 39.4 Å². The number of carbonyl (C=O) groups is 1. The van der Waals surface area contributed by atoms with Crippen molar-refractivity contribution in [1.82, 2.24) is 15.1 Å². The smallest absolute Gasteiger partial charge is 0.254 e. The molecule has 0 atom stereocenters.